The first-order chi connectivity index (χ1) is 5.15. The highest BCUT2D eigenvalue weighted by molar-refractivity contribution is 4.86. The Labute approximate surface area is 69.8 Å². The van der Waals surface area contributed by atoms with Crippen molar-refractivity contribution in [3.05, 3.63) is 0 Å². The van der Waals surface area contributed by atoms with Crippen molar-refractivity contribution in [1.82, 2.24) is 0 Å². The van der Waals surface area contributed by atoms with Crippen LogP contribution in [0.25, 0.3) is 0 Å². The third kappa shape index (κ3) is 1.96. The van der Waals surface area contributed by atoms with E-state index in [9.17, 15) is 0 Å². The van der Waals surface area contributed by atoms with Crippen molar-refractivity contribution < 1.29 is 5.11 Å². The molecule has 0 heterocycles. The SMILES string of the molecule is CC(C)CC1C(C)CC1CO. The van der Waals surface area contributed by atoms with Crippen molar-refractivity contribution in [2.24, 2.45) is 23.7 Å². The molecular weight excluding hydrogens is 136 g/mol. The van der Waals surface area contributed by atoms with Crippen LogP contribution in [0.4, 0.5) is 0 Å². The topological polar surface area (TPSA) is 20.2 Å². The molecule has 0 aromatic rings. The molecule has 1 rings (SSSR count). The maximum atomic E-state index is 8.99. The van der Waals surface area contributed by atoms with Gasteiger partial charge in [-0.25, -0.2) is 0 Å². The molecule has 0 spiro atoms. The molecule has 3 atom stereocenters. The van der Waals surface area contributed by atoms with Gasteiger partial charge < -0.3 is 5.11 Å². The van der Waals surface area contributed by atoms with E-state index < -0.39 is 0 Å². The maximum Gasteiger partial charge on any atom is 0.0462 e. The molecule has 3 unspecified atom stereocenters. The molecule has 1 nitrogen and oxygen atoms in total. The van der Waals surface area contributed by atoms with Gasteiger partial charge in [0.2, 0.25) is 0 Å². The van der Waals surface area contributed by atoms with E-state index in [1.54, 1.807) is 0 Å². The summed E-state index contributed by atoms with van der Waals surface area (Å²) < 4.78 is 0. The predicted molar refractivity (Wildman–Crippen MR) is 47.3 cm³/mol. The number of hydrogen-bond acceptors (Lipinski definition) is 1. The molecular formula is C10H20O. The van der Waals surface area contributed by atoms with E-state index in [1.165, 1.54) is 12.8 Å². The van der Waals surface area contributed by atoms with E-state index in [4.69, 9.17) is 5.11 Å². The van der Waals surface area contributed by atoms with Crippen molar-refractivity contribution >= 4 is 0 Å². The minimum atomic E-state index is 0.404. The Morgan fingerprint density at radius 1 is 1.45 bits per heavy atom. The predicted octanol–water partition coefficient (Wildman–Crippen LogP) is 2.30. The Hall–Kier alpha value is -0.0400. The molecule has 1 fully saturated rings. The Balaban J connectivity index is 2.30. The molecule has 0 radical (unpaired) electrons. The summed E-state index contributed by atoms with van der Waals surface area (Å²) >= 11 is 0. The van der Waals surface area contributed by atoms with Crippen LogP contribution < -0.4 is 0 Å². The molecule has 66 valence electrons. The Morgan fingerprint density at radius 2 is 2.09 bits per heavy atom. The summed E-state index contributed by atoms with van der Waals surface area (Å²) in [5, 5.41) is 8.99. The second-order valence-electron chi connectivity index (χ2n) is 4.45. The Kier molecular flexibility index (Phi) is 2.94. The van der Waals surface area contributed by atoms with Gasteiger partial charge in [0, 0.05) is 6.61 Å². The van der Waals surface area contributed by atoms with Gasteiger partial charge in [-0.1, -0.05) is 20.8 Å². The first kappa shape index (κ1) is 9.05. The zero-order valence-corrected chi connectivity index (χ0v) is 7.88. The van der Waals surface area contributed by atoms with Gasteiger partial charge in [0.25, 0.3) is 0 Å². The van der Waals surface area contributed by atoms with Crippen LogP contribution >= 0.6 is 0 Å². The maximum absolute atomic E-state index is 8.99. The quantitative estimate of drug-likeness (QED) is 0.664. The minimum Gasteiger partial charge on any atom is -0.396 e. The summed E-state index contributed by atoms with van der Waals surface area (Å²) in [7, 11) is 0. The largest absolute Gasteiger partial charge is 0.396 e. The van der Waals surface area contributed by atoms with E-state index in [0.29, 0.717) is 12.5 Å². The molecule has 0 bridgehead atoms. The first-order valence-corrected chi connectivity index (χ1v) is 4.76. The smallest absolute Gasteiger partial charge is 0.0462 e. The van der Waals surface area contributed by atoms with Gasteiger partial charge in [-0.15, -0.1) is 0 Å². The van der Waals surface area contributed by atoms with Crippen LogP contribution in [0.5, 0.6) is 0 Å². The second kappa shape index (κ2) is 3.57. The lowest BCUT2D eigenvalue weighted by atomic mass is 9.63. The van der Waals surface area contributed by atoms with Crippen LogP contribution in [0.1, 0.15) is 33.6 Å². The van der Waals surface area contributed by atoms with E-state index >= 15 is 0 Å². The third-order valence-electron chi connectivity index (χ3n) is 2.99. The summed E-state index contributed by atoms with van der Waals surface area (Å²) in [4.78, 5) is 0. The lowest BCUT2D eigenvalue weighted by Gasteiger charge is -2.43. The third-order valence-corrected chi connectivity index (χ3v) is 2.99. The van der Waals surface area contributed by atoms with Gasteiger partial charge in [-0.2, -0.15) is 0 Å². The van der Waals surface area contributed by atoms with Gasteiger partial charge >= 0.3 is 0 Å². The molecule has 11 heavy (non-hydrogen) atoms. The fourth-order valence-corrected chi connectivity index (χ4v) is 2.27. The summed E-state index contributed by atoms with van der Waals surface area (Å²) in [6, 6.07) is 0. The number of rotatable bonds is 3. The van der Waals surface area contributed by atoms with Gasteiger partial charge in [0.05, 0.1) is 0 Å². The van der Waals surface area contributed by atoms with Crippen molar-refractivity contribution in [3.8, 4) is 0 Å². The van der Waals surface area contributed by atoms with Crippen LogP contribution in [0.15, 0.2) is 0 Å². The Morgan fingerprint density at radius 3 is 2.45 bits per heavy atom. The first-order valence-electron chi connectivity index (χ1n) is 4.76. The fourth-order valence-electron chi connectivity index (χ4n) is 2.27. The normalized spacial score (nSPS) is 37.4. The highest BCUT2D eigenvalue weighted by Gasteiger charge is 2.37. The average molecular weight is 156 g/mol. The summed E-state index contributed by atoms with van der Waals surface area (Å²) in [5.74, 6) is 3.07. The van der Waals surface area contributed by atoms with Crippen LogP contribution in [-0.2, 0) is 0 Å². The van der Waals surface area contributed by atoms with E-state index in [-0.39, 0.29) is 0 Å². The van der Waals surface area contributed by atoms with Gasteiger partial charge in [0.15, 0.2) is 0 Å². The standard InChI is InChI=1S/C10H20O/c1-7(2)4-10-8(3)5-9(10)6-11/h7-11H,4-6H2,1-3H3. The highest BCUT2D eigenvalue weighted by Crippen LogP contribution is 2.43. The molecule has 1 saturated carbocycles. The van der Waals surface area contributed by atoms with Crippen molar-refractivity contribution in [2.45, 2.75) is 33.6 Å². The fraction of sp³-hybridized carbons (Fsp3) is 1.00. The van der Waals surface area contributed by atoms with Crippen LogP contribution in [0.3, 0.4) is 0 Å². The molecule has 1 aliphatic rings. The zero-order valence-electron chi connectivity index (χ0n) is 7.88. The van der Waals surface area contributed by atoms with E-state index in [1.807, 2.05) is 0 Å². The molecule has 0 amide bonds. The van der Waals surface area contributed by atoms with Gasteiger partial charge in [-0.05, 0) is 36.5 Å². The van der Waals surface area contributed by atoms with Crippen molar-refractivity contribution in [3.63, 3.8) is 0 Å². The van der Waals surface area contributed by atoms with Gasteiger partial charge in [-0.3, -0.25) is 0 Å². The molecule has 0 aromatic carbocycles. The molecule has 1 heteroatoms. The number of aliphatic hydroxyl groups excluding tert-OH is 1. The van der Waals surface area contributed by atoms with E-state index in [0.717, 1.165) is 17.8 Å². The minimum absolute atomic E-state index is 0.404. The molecule has 0 saturated heterocycles. The highest BCUT2D eigenvalue weighted by atomic mass is 16.3. The number of hydrogen-bond donors (Lipinski definition) is 1. The van der Waals surface area contributed by atoms with Gasteiger partial charge in [0.1, 0.15) is 0 Å². The van der Waals surface area contributed by atoms with E-state index in [2.05, 4.69) is 20.8 Å². The van der Waals surface area contributed by atoms with Crippen LogP contribution in [0, 0.1) is 23.7 Å². The summed E-state index contributed by atoms with van der Waals surface area (Å²) in [6.07, 6.45) is 2.54. The molecule has 1 aliphatic carbocycles. The number of aliphatic hydroxyl groups is 1. The second-order valence-corrected chi connectivity index (χ2v) is 4.45. The molecule has 0 aromatic heterocycles. The lowest BCUT2D eigenvalue weighted by Crippen LogP contribution is -2.37. The lowest BCUT2D eigenvalue weighted by molar-refractivity contribution is 0.0193. The molecule has 1 N–H and O–H groups in total. The Bertz CT molecular complexity index is 120. The van der Waals surface area contributed by atoms with Crippen molar-refractivity contribution in [1.29, 1.82) is 0 Å². The zero-order chi connectivity index (χ0) is 8.43. The average Bonchev–Trinajstić information content (AvgIpc) is 1.95. The monoisotopic (exact) mass is 156 g/mol. The van der Waals surface area contributed by atoms with Crippen LogP contribution in [-0.4, -0.2) is 11.7 Å². The van der Waals surface area contributed by atoms with Crippen LogP contribution in [0.2, 0.25) is 0 Å². The van der Waals surface area contributed by atoms with Crippen molar-refractivity contribution in [2.75, 3.05) is 6.61 Å². The summed E-state index contributed by atoms with van der Waals surface area (Å²) in [5.41, 5.74) is 0. The molecule has 0 aliphatic heterocycles. The summed E-state index contributed by atoms with van der Waals surface area (Å²) in [6.45, 7) is 7.24.